The molecule has 2 aromatic rings. The van der Waals surface area contributed by atoms with Gasteiger partial charge in [0.15, 0.2) is 5.11 Å². The smallest absolute Gasteiger partial charge is 0.171 e. The van der Waals surface area contributed by atoms with Crippen molar-refractivity contribution in [2.45, 2.75) is 33.7 Å². The number of hydrogen-bond donors (Lipinski definition) is 2. The number of thiocarbonyl (C=S) groups is 1. The molecule has 1 atom stereocenters. The van der Waals surface area contributed by atoms with Crippen LogP contribution in [-0.4, -0.2) is 11.7 Å². The van der Waals surface area contributed by atoms with Crippen molar-refractivity contribution in [1.29, 1.82) is 0 Å². The summed E-state index contributed by atoms with van der Waals surface area (Å²) in [6, 6.07) is 14.4. The van der Waals surface area contributed by atoms with Gasteiger partial charge in [-0.15, -0.1) is 0 Å². The summed E-state index contributed by atoms with van der Waals surface area (Å²) < 4.78 is 5.46. The highest BCUT2D eigenvalue weighted by Gasteiger charge is 2.08. The van der Waals surface area contributed by atoms with E-state index in [1.54, 1.807) is 0 Å². The maximum absolute atomic E-state index is 5.46. The molecule has 0 saturated carbocycles. The Morgan fingerprint density at radius 3 is 2.39 bits per heavy atom. The number of ether oxygens (including phenoxy) is 1. The normalized spacial score (nSPS) is 11.7. The first-order valence-electron chi connectivity index (χ1n) is 7.87. The van der Waals surface area contributed by atoms with Crippen LogP contribution in [0.4, 0.5) is 5.69 Å². The van der Waals surface area contributed by atoms with Gasteiger partial charge >= 0.3 is 0 Å². The lowest BCUT2D eigenvalue weighted by Crippen LogP contribution is -2.30. The van der Waals surface area contributed by atoms with E-state index in [1.165, 1.54) is 11.1 Å². The molecule has 23 heavy (non-hydrogen) atoms. The van der Waals surface area contributed by atoms with Crippen LogP contribution in [0.15, 0.2) is 42.5 Å². The van der Waals surface area contributed by atoms with Gasteiger partial charge in [0.2, 0.25) is 0 Å². The van der Waals surface area contributed by atoms with Crippen LogP contribution in [0.5, 0.6) is 5.75 Å². The van der Waals surface area contributed by atoms with E-state index in [2.05, 4.69) is 55.7 Å². The Kier molecular flexibility index (Phi) is 5.99. The maximum atomic E-state index is 5.46. The highest BCUT2D eigenvalue weighted by atomic mass is 32.1. The molecular weight excluding hydrogens is 304 g/mol. The van der Waals surface area contributed by atoms with Crippen molar-refractivity contribution in [1.82, 2.24) is 5.32 Å². The first kappa shape index (κ1) is 17.3. The van der Waals surface area contributed by atoms with Crippen LogP contribution < -0.4 is 15.4 Å². The monoisotopic (exact) mass is 328 g/mol. The molecule has 0 aliphatic heterocycles. The number of anilines is 1. The fourth-order valence-corrected chi connectivity index (χ4v) is 2.58. The minimum atomic E-state index is 0.122. The highest BCUT2D eigenvalue weighted by molar-refractivity contribution is 7.80. The van der Waals surface area contributed by atoms with Crippen molar-refractivity contribution in [3.8, 4) is 5.75 Å². The zero-order valence-electron chi connectivity index (χ0n) is 14.1. The number of rotatable bonds is 5. The summed E-state index contributed by atoms with van der Waals surface area (Å²) in [6.07, 6.45) is 0. The number of benzene rings is 2. The van der Waals surface area contributed by atoms with Gasteiger partial charge in [-0.2, -0.15) is 0 Å². The molecule has 0 aliphatic rings. The molecule has 3 nitrogen and oxygen atoms in total. The fraction of sp³-hybridized carbons (Fsp3) is 0.316. The van der Waals surface area contributed by atoms with E-state index in [0.717, 1.165) is 17.0 Å². The third-order valence-corrected chi connectivity index (χ3v) is 4.02. The van der Waals surface area contributed by atoms with Crippen LogP contribution in [0.2, 0.25) is 0 Å². The number of aryl methyl sites for hydroxylation is 2. The second kappa shape index (κ2) is 7.97. The predicted octanol–water partition coefficient (Wildman–Crippen LogP) is 4.75. The van der Waals surface area contributed by atoms with Gasteiger partial charge in [0.1, 0.15) is 5.75 Å². The van der Waals surface area contributed by atoms with E-state index in [0.29, 0.717) is 11.7 Å². The molecule has 2 aromatic carbocycles. The van der Waals surface area contributed by atoms with Crippen LogP contribution in [0.25, 0.3) is 0 Å². The molecule has 0 aliphatic carbocycles. The van der Waals surface area contributed by atoms with E-state index in [-0.39, 0.29) is 6.04 Å². The van der Waals surface area contributed by atoms with Crippen LogP contribution in [-0.2, 0) is 0 Å². The zero-order chi connectivity index (χ0) is 16.8. The lowest BCUT2D eigenvalue weighted by molar-refractivity contribution is 0.340. The van der Waals surface area contributed by atoms with Crippen molar-refractivity contribution in [2.24, 2.45) is 0 Å². The van der Waals surface area contributed by atoms with Crippen LogP contribution in [0, 0.1) is 13.8 Å². The van der Waals surface area contributed by atoms with Crippen LogP contribution >= 0.6 is 12.2 Å². The van der Waals surface area contributed by atoms with E-state index in [4.69, 9.17) is 17.0 Å². The third kappa shape index (κ3) is 4.96. The van der Waals surface area contributed by atoms with Gasteiger partial charge in [-0.3, -0.25) is 0 Å². The Morgan fingerprint density at radius 2 is 1.78 bits per heavy atom. The lowest BCUT2D eigenvalue weighted by Gasteiger charge is -2.18. The standard InChI is InChI=1S/C19H24N2OS/c1-5-22-18-10-7-16(8-11-18)15(4)20-19(23)21-17-9-6-13(2)14(3)12-17/h6-12,15H,5H2,1-4H3,(H2,20,21,23). The molecule has 4 heteroatoms. The average Bonchev–Trinajstić information content (AvgIpc) is 2.52. The van der Waals surface area contributed by atoms with E-state index in [1.807, 2.05) is 25.1 Å². The van der Waals surface area contributed by atoms with Gasteiger partial charge in [-0.05, 0) is 80.9 Å². The summed E-state index contributed by atoms with van der Waals surface area (Å²) in [5.41, 5.74) is 4.69. The quantitative estimate of drug-likeness (QED) is 0.776. The molecule has 0 bridgehead atoms. The Morgan fingerprint density at radius 1 is 1.09 bits per heavy atom. The second-order valence-electron chi connectivity index (χ2n) is 5.62. The first-order chi connectivity index (χ1) is 11.0. The minimum absolute atomic E-state index is 0.122. The van der Waals surface area contributed by atoms with E-state index in [9.17, 15) is 0 Å². The Hall–Kier alpha value is -2.07. The summed E-state index contributed by atoms with van der Waals surface area (Å²) in [4.78, 5) is 0. The minimum Gasteiger partial charge on any atom is -0.494 e. The predicted molar refractivity (Wildman–Crippen MR) is 101 cm³/mol. The molecule has 122 valence electrons. The van der Waals surface area contributed by atoms with Gasteiger partial charge < -0.3 is 15.4 Å². The van der Waals surface area contributed by atoms with Gasteiger partial charge in [-0.1, -0.05) is 18.2 Å². The molecule has 2 rings (SSSR count). The van der Waals surface area contributed by atoms with Crippen molar-refractivity contribution < 1.29 is 4.74 Å². The number of nitrogens with one attached hydrogen (secondary N) is 2. The van der Waals surface area contributed by atoms with Gasteiger partial charge in [-0.25, -0.2) is 0 Å². The fourth-order valence-electron chi connectivity index (χ4n) is 2.29. The Bertz CT molecular complexity index is 668. The lowest BCUT2D eigenvalue weighted by atomic mass is 10.1. The zero-order valence-corrected chi connectivity index (χ0v) is 15.0. The topological polar surface area (TPSA) is 33.3 Å². The molecule has 0 spiro atoms. The number of hydrogen-bond acceptors (Lipinski definition) is 2. The molecule has 0 aromatic heterocycles. The molecular formula is C19H24N2OS. The van der Waals surface area contributed by atoms with Crippen LogP contribution in [0.1, 0.15) is 36.6 Å². The van der Waals surface area contributed by atoms with E-state index >= 15 is 0 Å². The third-order valence-electron chi connectivity index (χ3n) is 3.80. The largest absolute Gasteiger partial charge is 0.494 e. The van der Waals surface area contributed by atoms with Crippen molar-refractivity contribution in [2.75, 3.05) is 11.9 Å². The van der Waals surface area contributed by atoms with Gasteiger partial charge in [0.05, 0.1) is 12.6 Å². The first-order valence-corrected chi connectivity index (χ1v) is 8.28. The molecule has 0 radical (unpaired) electrons. The Balaban J connectivity index is 1.94. The molecule has 0 fully saturated rings. The summed E-state index contributed by atoms with van der Waals surface area (Å²) in [6.45, 7) is 8.94. The summed E-state index contributed by atoms with van der Waals surface area (Å²) in [5, 5.41) is 7.17. The second-order valence-corrected chi connectivity index (χ2v) is 6.03. The highest BCUT2D eigenvalue weighted by Crippen LogP contribution is 2.18. The summed E-state index contributed by atoms with van der Waals surface area (Å²) in [7, 11) is 0. The van der Waals surface area contributed by atoms with Gasteiger partial charge in [0.25, 0.3) is 0 Å². The van der Waals surface area contributed by atoms with E-state index < -0.39 is 0 Å². The van der Waals surface area contributed by atoms with Crippen molar-refractivity contribution >= 4 is 23.0 Å². The summed E-state index contributed by atoms with van der Waals surface area (Å²) in [5.74, 6) is 0.888. The molecule has 1 unspecified atom stereocenters. The Labute approximate surface area is 144 Å². The SMILES string of the molecule is CCOc1ccc(C(C)NC(=S)Nc2ccc(C)c(C)c2)cc1. The molecule has 0 saturated heterocycles. The van der Waals surface area contributed by atoms with Crippen LogP contribution in [0.3, 0.4) is 0 Å². The molecule has 0 amide bonds. The molecule has 2 N–H and O–H groups in total. The molecule has 0 heterocycles. The van der Waals surface area contributed by atoms with Crippen molar-refractivity contribution in [3.63, 3.8) is 0 Å². The maximum Gasteiger partial charge on any atom is 0.171 e. The summed E-state index contributed by atoms with van der Waals surface area (Å²) >= 11 is 5.41. The average molecular weight is 328 g/mol. The van der Waals surface area contributed by atoms with Crippen molar-refractivity contribution in [3.05, 3.63) is 59.2 Å². The van der Waals surface area contributed by atoms with Gasteiger partial charge in [0, 0.05) is 5.69 Å².